The zero-order valence-electron chi connectivity index (χ0n) is 10.5. The molecule has 0 aromatic heterocycles. The number of aryl methyl sites for hydroxylation is 2. The third kappa shape index (κ3) is 2.49. The molecule has 0 amide bonds. The Balaban J connectivity index is 2.60. The van der Waals surface area contributed by atoms with E-state index < -0.39 is 29.1 Å². The molecular formula is C15H13F3O. The first-order valence-corrected chi connectivity index (χ1v) is 5.80. The molecule has 2 aromatic rings. The Kier molecular flexibility index (Phi) is 3.62. The lowest BCUT2D eigenvalue weighted by Gasteiger charge is -2.17. The quantitative estimate of drug-likeness (QED) is 0.876. The van der Waals surface area contributed by atoms with Crippen LogP contribution in [0.5, 0.6) is 0 Å². The Morgan fingerprint density at radius 1 is 0.895 bits per heavy atom. The van der Waals surface area contributed by atoms with Gasteiger partial charge in [-0.1, -0.05) is 12.1 Å². The summed E-state index contributed by atoms with van der Waals surface area (Å²) < 4.78 is 41.1. The van der Waals surface area contributed by atoms with Crippen LogP contribution in [0, 0.1) is 31.3 Å². The minimum Gasteiger partial charge on any atom is -0.383 e. The molecule has 0 aliphatic heterocycles. The molecule has 0 radical (unpaired) electrons. The maximum Gasteiger partial charge on any atom is 0.132 e. The van der Waals surface area contributed by atoms with Crippen molar-refractivity contribution in [2.24, 2.45) is 0 Å². The summed E-state index contributed by atoms with van der Waals surface area (Å²) in [7, 11) is 0. The zero-order valence-corrected chi connectivity index (χ0v) is 10.5. The molecule has 0 aliphatic rings. The van der Waals surface area contributed by atoms with Gasteiger partial charge in [-0.15, -0.1) is 0 Å². The Bertz CT molecular complexity index is 580. The normalized spacial score (nSPS) is 12.5. The van der Waals surface area contributed by atoms with Crippen LogP contribution >= 0.6 is 0 Å². The molecule has 0 spiro atoms. The Hall–Kier alpha value is -1.81. The summed E-state index contributed by atoms with van der Waals surface area (Å²) in [4.78, 5) is 0. The zero-order chi connectivity index (χ0) is 14.2. The molecule has 0 aliphatic carbocycles. The van der Waals surface area contributed by atoms with Crippen LogP contribution in [0.25, 0.3) is 0 Å². The monoisotopic (exact) mass is 266 g/mol. The maximum atomic E-state index is 13.9. The van der Waals surface area contributed by atoms with E-state index in [1.807, 2.05) is 0 Å². The predicted molar refractivity (Wildman–Crippen MR) is 66.3 cm³/mol. The third-order valence-corrected chi connectivity index (χ3v) is 3.03. The fourth-order valence-corrected chi connectivity index (χ4v) is 2.19. The molecule has 1 nitrogen and oxygen atoms in total. The van der Waals surface area contributed by atoms with Crippen LogP contribution in [0.3, 0.4) is 0 Å². The average molecular weight is 266 g/mol. The van der Waals surface area contributed by atoms with Gasteiger partial charge in [0.2, 0.25) is 0 Å². The van der Waals surface area contributed by atoms with Crippen molar-refractivity contribution < 1.29 is 18.3 Å². The second-order valence-electron chi connectivity index (χ2n) is 4.52. The summed E-state index contributed by atoms with van der Waals surface area (Å²) in [6.45, 7) is 3.29. The molecule has 1 unspecified atom stereocenters. The standard InChI is InChI=1S/C15H13F3O/c1-8-6-9(2)13(12(18)7-8)15(19)14-10(16)4-3-5-11(14)17/h3-7,15,19H,1-2H3. The third-order valence-electron chi connectivity index (χ3n) is 3.03. The van der Waals surface area contributed by atoms with E-state index in [-0.39, 0.29) is 5.56 Å². The van der Waals surface area contributed by atoms with Gasteiger partial charge in [-0.05, 0) is 43.2 Å². The highest BCUT2D eigenvalue weighted by Crippen LogP contribution is 2.31. The molecule has 0 bridgehead atoms. The highest BCUT2D eigenvalue weighted by Gasteiger charge is 2.24. The predicted octanol–water partition coefficient (Wildman–Crippen LogP) is 3.80. The Morgan fingerprint density at radius 2 is 1.47 bits per heavy atom. The lowest BCUT2D eigenvalue weighted by atomic mass is 9.95. The van der Waals surface area contributed by atoms with Crippen molar-refractivity contribution in [2.75, 3.05) is 0 Å². The van der Waals surface area contributed by atoms with Crippen LogP contribution in [0.4, 0.5) is 13.2 Å². The minimum absolute atomic E-state index is 0.102. The molecule has 0 heterocycles. The van der Waals surface area contributed by atoms with Gasteiger partial charge in [-0.2, -0.15) is 0 Å². The number of hydrogen-bond acceptors (Lipinski definition) is 1. The summed E-state index contributed by atoms with van der Waals surface area (Å²) in [5, 5.41) is 10.1. The van der Waals surface area contributed by atoms with Gasteiger partial charge in [-0.25, -0.2) is 13.2 Å². The van der Waals surface area contributed by atoms with E-state index in [9.17, 15) is 18.3 Å². The molecule has 100 valence electrons. The first kappa shape index (κ1) is 13.6. The molecule has 1 atom stereocenters. The number of rotatable bonds is 2. The highest BCUT2D eigenvalue weighted by molar-refractivity contribution is 5.39. The molecule has 19 heavy (non-hydrogen) atoms. The summed E-state index contributed by atoms with van der Waals surface area (Å²) in [5.74, 6) is -2.47. The van der Waals surface area contributed by atoms with Crippen molar-refractivity contribution in [3.05, 3.63) is 70.0 Å². The van der Waals surface area contributed by atoms with Crippen molar-refractivity contribution in [2.45, 2.75) is 20.0 Å². The van der Waals surface area contributed by atoms with Gasteiger partial charge in [0.15, 0.2) is 0 Å². The lowest BCUT2D eigenvalue weighted by molar-refractivity contribution is 0.203. The number of benzene rings is 2. The molecule has 4 heteroatoms. The van der Waals surface area contributed by atoms with Crippen molar-refractivity contribution in [3.63, 3.8) is 0 Å². The Morgan fingerprint density at radius 3 is 2.00 bits per heavy atom. The lowest BCUT2D eigenvalue weighted by Crippen LogP contribution is -2.09. The second kappa shape index (κ2) is 5.05. The molecule has 2 rings (SSSR count). The molecule has 1 N–H and O–H groups in total. The largest absolute Gasteiger partial charge is 0.383 e. The molecule has 0 saturated heterocycles. The van der Waals surface area contributed by atoms with Crippen LogP contribution in [-0.4, -0.2) is 5.11 Å². The smallest absolute Gasteiger partial charge is 0.132 e. The fourth-order valence-electron chi connectivity index (χ4n) is 2.19. The van der Waals surface area contributed by atoms with Gasteiger partial charge in [0, 0.05) is 5.56 Å². The van der Waals surface area contributed by atoms with Crippen molar-refractivity contribution in [3.8, 4) is 0 Å². The first-order chi connectivity index (χ1) is 8.91. The van der Waals surface area contributed by atoms with E-state index in [0.717, 1.165) is 12.1 Å². The summed E-state index contributed by atoms with van der Waals surface area (Å²) in [6.07, 6.45) is -1.67. The van der Waals surface area contributed by atoms with Crippen molar-refractivity contribution >= 4 is 0 Å². The van der Waals surface area contributed by atoms with Gasteiger partial charge in [0.05, 0.1) is 5.56 Å². The van der Waals surface area contributed by atoms with E-state index in [4.69, 9.17) is 0 Å². The van der Waals surface area contributed by atoms with Gasteiger partial charge in [-0.3, -0.25) is 0 Å². The number of aliphatic hydroxyl groups is 1. The number of hydrogen-bond donors (Lipinski definition) is 1. The van der Waals surface area contributed by atoms with Gasteiger partial charge in [0.25, 0.3) is 0 Å². The van der Waals surface area contributed by atoms with Crippen molar-refractivity contribution in [1.82, 2.24) is 0 Å². The maximum absolute atomic E-state index is 13.9. The summed E-state index contributed by atoms with van der Waals surface area (Å²) in [5.41, 5.74) is 0.496. The SMILES string of the molecule is Cc1cc(C)c(C(O)c2c(F)cccc2F)c(F)c1. The minimum atomic E-state index is -1.67. The van der Waals surface area contributed by atoms with Gasteiger partial charge >= 0.3 is 0 Å². The van der Waals surface area contributed by atoms with Crippen LogP contribution in [0.2, 0.25) is 0 Å². The second-order valence-corrected chi connectivity index (χ2v) is 4.52. The average Bonchev–Trinajstić information content (AvgIpc) is 2.26. The van der Waals surface area contributed by atoms with Crippen LogP contribution < -0.4 is 0 Å². The van der Waals surface area contributed by atoms with E-state index in [1.165, 1.54) is 12.1 Å². The number of aliphatic hydroxyl groups excluding tert-OH is 1. The number of halogens is 3. The van der Waals surface area contributed by atoms with Crippen LogP contribution in [0.15, 0.2) is 30.3 Å². The van der Waals surface area contributed by atoms with E-state index in [0.29, 0.717) is 11.1 Å². The van der Waals surface area contributed by atoms with Crippen molar-refractivity contribution in [1.29, 1.82) is 0 Å². The fraction of sp³-hybridized carbons (Fsp3) is 0.200. The Labute approximate surface area is 109 Å². The summed E-state index contributed by atoms with van der Waals surface area (Å²) >= 11 is 0. The van der Waals surface area contributed by atoms with Gasteiger partial charge < -0.3 is 5.11 Å². The molecular weight excluding hydrogens is 253 g/mol. The van der Waals surface area contributed by atoms with Crippen LogP contribution in [-0.2, 0) is 0 Å². The van der Waals surface area contributed by atoms with Gasteiger partial charge in [0.1, 0.15) is 23.6 Å². The highest BCUT2D eigenvalue weighted by atomic mass is 19.1. The first-order valence-electron chi connectivity index (χ1n) is 5.80. The van der Waals surface area contributed by atoms with E-state index in [1.54, 1.807) is 19.9 Å². The molecule has 0 saturated carbocycles. The van der Waals surface area contributed by atoms with Crippen LogP contribution in [0.1, 0.15) is 28.4 Å². The topological polar surface area (TPSA) is 20.2 Å². The molecule has 0 fully saturated rings. The van der Waals surface area contributed by atoms with E-state index >= 15 is 0 Å². The molecule has 2 aromatic carbocycles. The van der Waals surface area contributed by atoms with E-state index in [2.05, 4.69) is 0 Å². The summed E-state index contributed by atoms with van der Waals surface area (Å²) in [6, 6.07) is 6.13.